The molecule has 1 unspecified atom stereocenters. The Morgan fingerprint density at radius 2 is 1.50 bits per heavy atom. The molecule has 0 aromatic heterocycles. The van der Waals surface area contributed by atoms with Gasteiger partial charge in [-0.15, -0.1) is 0 Å². The lowest BCUT2D eigenvalue weighted by molar-refractivity contribution is -0.140. The molecular weight excluding hydrogens is 248 g/mol. The highest BCUT2D eigenvalue weighted by atomic mass is 19.4. The summed E-state index contributed by atoms with van der Waals surface area (Å²) >= 11 is 0. The molecule has 1 aromatic carbocycles. The molecule has 0 aliphatic rings. The molecule has 5 heteroatoms. The van der Waals surface area contributed by atoms with Gasteiger partial charge in [0.25, 0.3) is 0 Å². The Bertz CT molecular complexity index is 441. The summed E-state index contributed by atoms with van der Waals surface area (Å²) in [6.45, 7) is 6.51. The topological polar surface area (TPSA) is 20.2 Å². The predicted octanol–water partition coefficient (Wildman–Crippen LogP) is 4.10. The number of halogens is 4. The third-order valence-electron chi connectivity index (χ3n) is 3.29. The molecule has 0 aliphatic heterocycles. The van der Waals surface area contributed by atoms with E-state index in [1.165, 1.54) is 13.0 Å². The van der Waals surface area contributed by atoms with Crippen LogP contribution in [0.4, 0.5) is 17.6 Å². The monoisotopic (exact) mass is 264 g/mol. The fourth-order valence-electron chi connectivity index (χ4n) is 1.48. The van der Waals surface area contributed by atoms with Gasteiger partial charge in [-0.2, -0.15) is 13.2 Å². The molecule has 0 amide bonds. The number of rotatable bonds is 1. The Balaban J connectivity index is 3.38. The summed E-state index contributed by atoms with van der Waals surface area (Å²) in [5.41, 5.74) is -3.47. The van der Waals surface area contributed by atoms with Gasteiger partial charge < -0.3 is 5.11 Å². The van der Waals surface area contributed by atoms with E-state index in [0.29, 0.717) is 6.07 Å². The molecule has 1 nitrogen and oxygen atoms in total. The van der Waals surface area contributed by atoms with E-state index in [1.54, 1.807) is 20.8 Å². The molecule has 0 bridgehead atoms. The number of benzene rings is 1. The van der Waals surface area contributed by atoms with E-state index in [-0.39, 0.29) is 5.56 Å². The number of aliphatic hydroxyl groups is 1. The maximum Gasteiger partial charge on any atom is 0.419 e. The van der Waals surface area contributed by atoms with E-state index in [4.69, 9.17) is 0 Å². The molecule has 0 heterocycles. The molecule has 18 heavy (non-hydrogen) atoms. The average molecular weight is 264 g/mol. The SMILES string of the molecule is CC(C)(C)C(C)(O)c1ccc(F)c(C(F)(F)F)c1. The molecule has 0 aliphatic carbocycles. The van der Waals surface area contributed by atoms with Gasteiger partial charge in [-0.1, -0.05) is 26.8 Å². The molecule has 0 radical (unpaired) electrons. The number of alkyl halides is 3. The van der Waals surface area contributed by atoms with Crippen LogP contribution in [0.5, 0.6) is 0 Å². The quantitative estimate of drug-likeness (QED) is 0.757. The maximum absolute atomic E-state index is 13.1. The van der Waals surface area contributed by atoms with E-state index >= 15 is 0 Å². The Morgan fingerprint density at radius 1 is 1.00 bits per heavy atom. The van der Waals surface area contributed by atoms with Crippen LogP contribution in [0.15, 0.2) is 18.2 Å². The Morgan fingerprint density at radius 3 is 1.89 bits per heavy atom. The van der Waals surface area contributed by atoms with Crippen molar-refractivity contribution in [3.05, 3.63) is 35.1 Å². The number of hydrogen-bond donors (Lipinski definition) is 1. The first kappa shape index (κ1) is 15.0. The number of hydrogen-bond acceptors (Lipinski definition) is 1. The lowest BCUT2D eigenvalue weighted by atomic mass is 9.73. The summed E-state index contributed by atoms with van der Waals surface area (Å²) in [5, 5.41) is 10.3. The second kappa shape index (κ2) is 4.23. The van der Waals surface area contributed by atoms with Crippen LogP contribution in [-0.4, -0.2) is 5.11 Å². The van der Waals surface area contributed by atoms with E-state index in [1.807, 2.05) is 0 Å². The van der Waals surface area contributed by atoms with Crippen molar-refractivity contribution in [3.63, 3.8) is 0 Å². The van der Waals surface area contributed by atoms with Gasteiger partial charge in [-0.3, -0.25) is 0 Å². The van der Waals surface area contributed by atoms with Crippen LogP contribution in [0.1, 0.15) is 38.8 Å². The maximum atomic E-state index is 13.1. The molecule has 0 saturated carbocycles. The Labute approximate surface area is 103 Å². The van der Waals surface area contributed by atoms with Crippen molar-refractivity contribution < 1.29 is 22.7 Å². The first-order chi connectivity index (χ1) is 7.87. The Hall–Kier alpha value is -1.10. The molecule has 1 N–H and O–H groups in total. The standard InChI is InChI=1S/C13H16F4O/c1-11(2,3)12(4,18)8-5-6-10(14)9(7-8)13(15,16)17/h5-7,18H,1-4H3. The summed E-state index contributed by atoms with van der Waals surface area (Å²) in [6.07, 6.45) is -4.77. The van der Waals surface area contributed by atoms with Crippen LogP contribution in [0, 0.1) is 11.2 Å². The van der Waals surface area contributed by atoms with Crippen LogP contribution in [0.25, 0.3) is 0 Å². The third-order valence-corrected chi connectivity index (χ3v) is 3.29. The fraction of sp³-hybridized carbons (Fsp3) is 0.538. The minimum Gasteiger partial charge on any atom is -0.385 e. The van der Waals surface area contributed by atoms with Gasteiger partial charge in [-0.25, -0.2) is 4.39 Å². The van der Waals surface area contributed by atoms with Crippen molar-refractivity contribution in [1.82, 2.24) is 0 Å². The third kappa shape index (κ3) is 2.66. The molecule has 102 valence electrons. The van der Waals surface area contributed by atoms with Gasteiger partial charge in [0, 0.05) is 0 Å². The van der Waals surface area contributed by atoms with Gasteiger partial charge in [0.1, 0.15) is 5.82 Å². The van der Waals surface area contributed by atoms with Crippen molar-refractivity contribution in [1.29, 1.82) is 0 Å². The predicted molar refractivity (Wildman–Crippen MR) is 60.4 cm³/mol. The Kier molecular flexibility index (Phi) is 3.51. The van der Waals surface area contributed by atoms with Gasteiger partial charge >= 0.3 is 6.18 Å². The van der Waals surface area contributed by atoms with Crippen LogP contribution in [-0.2, 0) is 11.8 Å². The lowest BCUT2D eigenvalue weighted by Gasteiger charge is -2.37. The second-order valence-electron chi connectivity index (χ2n) is 5.51. The van der Waals surface area contributed by atoms with Crippen molar-refractivity contribution >= 4 is 0 Å². The van der Waals surface area contributed by atoms with Crippen LogP contribution < -0.4 is 0 Å². The van der Waals surface area contributed by atoms with Gasteiger partial charge in [0.05, 0.1) is 11.2 Å². The fourth-order valence-corrected chi connectivity index (χ4v) is 1.48. The van der Waals surface area contributed by atoms with Crippen molar-refractivity contribution in [2.75, 3.05) is 0 Å². The van der Waals surface area contributed by atoms with Crippen molar-refractivity contribution in [3.8, 4) is 0 Å². The molecular formula is C13H16F4O. The van der Waals surface area contributed by atoms with E-state index in [2.05, 4.69) is 0 Å². The van der Waals surface area contributed by atoms with Crippen molar-refractivity contribution in [2.24, 2.45) is 5.41 Å². The zero-order valence-electron chi connectivity index (χ0n) is 10.7. The highest BCUT2D eigenvalue weighted by Gasteiger charge is 2.40. The zero-order valence-corrected chi connectivity index (χ0v) is 10.7. The molecule has 0 saturated heterocycles. The van der Waals surface area contributed by atoms with Crippen LogP contribution in [0.2, 0.25) is 0 Å². The van der Waals surface area contributed by atoms with E-state index in [9.17, 15) is 22.7 Å². The van der Waals surface area contributed by atoms with Crippen LogP contribution in [0.3, 0.4) is 0 Å². The highest BCUT2D eigenvalue weighted by Crippen LogP contribution is 2.41. The summed E-state index contributed by atoms with van der Waals surface area (Å²) in [7, 11) is 0. The largest absolute Gasteiger partial charge is 0.419 e. The molecule has 1 atom stereocenters. The highest BCUT2D eigenvalue weighted by molar-refractivity contribution is 5.32. The van der Waals surface area contributed by atoms with Gasteiger partial charge in [0.15, 0.2) is 0 Å². The molecule has 0 fully saturated rings. The normalized spacial score (nSPS) is 16.5. The van der Waals surface area contributed by atoms with E-state index in [0.717, 1.165) is 6.07 Å². The minimum absolute atomic E-state index is 0.0451. The summed E-state index contributed by atoms with van der Waals surface area (Å²) in [5.74, 6) is -1.34. The van der Waals surface area contributed by atoms with E-state index < -0.39 is 28.6 Å². The first-order valence-electron chi connectivity index (χ1n) is 5.47. The summed E-state index contributed by atoms with van der Waals surface area (Å²) < 4.78 is 50.9. The average Bonchev–Trinajstić information content (AvgIpc) is 2.14. The lowest BCUT2D eigenvalue weighted by Crippen LogP contribution is -2.37. The van der Waals surface area contributed by atoms with Crippen LogP contribution >= 0.6 is 0 Å². The first-order valence-corrected chi connectivity index (χ1v) is 5.47. The van der Waals surface area contributed by atoms with Gasteiger partial charge in [0.2, 0.25) is 0 Å². The smallest absolute Gasteiger partial charge is 0.385 e. The summed E-state index contributed by atoms with van der Waals surface area (Å²) in [4.78, 5) is 0. The molecule has 0 spiro atoms. The minimum atomic E-state index is -4.77. The van der Waals surface area contributed by atoms with Gasteiger partial charge in [-0.05, 0) is 30.0 Å². The second-order valence-corrected chi connectivity index (χ2v) is 5.51. The molecule has 1 aromatic rings. The molecule has 1 rings (SSSR count). The van der Waals surface area contributed by atoms with Crippen molar-refractivity contribution in [2.45, 2.75) is 39.5 Å². The summed E-state index contributed by atoms with van der Waals surface area (Å²) in [6, 6.07) is 2.58. The zero-order chi connectivity index (χ0) is 14.4.